The minimum absolute atomic E-state index is 0.0843. The molecule has 0 spiro atoms. The number of hydrogen-bond donors (Lipinski definition) is 1. The molecule has 0 unspecified atom stereocenters. The van der Waals surface area contributed by atoms with Crippen molar-refractivity contribution in [3.63, 3.8) is 0 Å². The summed E-state index contributed by atoms with van der Waals surface area (Å²) >= 11 is 1.31. The summed E-state index contributed by atoms with van der Waals surface area (Å²) in [5.41, 5.74) is 4.72. The lowest BCUT2D eigenvalue weighted by atomic mass is 10.1. The molecule has 1 N–H and O–H groups in total. The number of carbonyl (C=O) groups excluding carboxylic acids is 1. The van der Waals surface area contributed by atoms with E-state index >= 15 is 0 Å². The number of carbonyl (C=O) groups is 1. The number of nitrogens with zero attached hydrogens (tertiary/aromatic N) is 4. The van der Waals surface area contributed by atoms with Gasteiger partial charge in [-0.1, -0.05) is 49.0 Å². The van der Waals surface area contributed by atoms with Gasteiger partial charge in [0, 0.05) is 17.6 Å². The van der Waals surface area contributed by atoms with Gasteiger partial charge in [0.05, 0.1) is 10.8 Å². The number of benzene rings is 2. The van der Waals surface area contributed by atoms with Crippen molar-refractivity contribution < 1.29 is 4.79 Å². The summed E-state index contributed by atoms with van der Waals surface area (Å²) in [6.07, 6.45) is 0.974. The molecular formula is C22H23N5OS. The van der Waals surface area contributed by atoms with Crippen LogP contribution < -0.4 is 5.32 Å². The normalized spacial score (nSPS) is 12.4. The molecule has 0 saturated carbocycles. The van der Waals surface area contributed by atoms with Crippen LogP contribution in [0.15, 0.2) is 53.7 Å². The smallest absolute Gasteiger partial charge is 0.237 e. The molecule has 0 aliphatic heterocycles. The molecule has 4 rings (SSSR count). The number of para-hydroxylation sites is 1. The van der Waals surface area contributed by atoms with Crippen molar-refractivity contribution in [3.05, 3.63) is 54.1 Å². The molecule has 1 atom stereocenters. The molecule has 2 aromatic heterocycles. The molecular weight excluding hydrogens is 382 g/mol. The third-order valence-electron chi connectivity index (χ3n) is 4.95. The van der Waals surface area contributed by atoms with Gasteiger partial charge in [-0.05, 0) is 44.0 Å². The van der Waals surface area contributed by atoms with Crippen LogP contribution in [0, 0.1) is 0 Å². The zero-order valence-electron chi connectivity index (χ0n) is 16.7. The minimum atomic E-state index is -0.348. The standard InChI is InChI=1S/C22H23N5OS/c1-4-15-10-12-16(13-11-15)23-21(28)14(3)29-22-24-20-19(25-26-22)17-8-6-7-9-18(17)27(20)5-2/h6-14H,4-5H2,1-3H3,(H,23,28)/t14-/m1/s1. The van der Waals surface area contributed by atoms with Gasteiger partial charge in [-0.25, -0.2) is 4.98 Å². The number of amides is 1. The highest BCUT2D eigenvalue weighted by Gasteiger charge is 2.19. The summed E-state index contributed by atoms with van der Waals surface area (Å²) in [5.74, 6) is -0.0843. The molecule has 7 heteroatoms. The summed E-state index contributed by atoms with van der Waals surface area (Å²) in [7, 11) is 0. The van der Waals surface area contributed by atoms with E-state index in [0.29, 0.717) is 5.16 Å². The highest BCUT2D eigenvalue weighted by molar-refractivity contribution is 8.00. The van der Waals surface area contributed by atoms with Crippen LogP contribution in [0.3, 0.4) is 0 Å². The molecule has 0 radical (unpaired) electrons. The molecule has 2 heterocycles. The monoisotopic (exact) mass is 405 g/mol. The fourth-order valence-corrected chi connectivity index (χ4v) is 4.05. The van der Waals surface area contributed by atoms with E-state index in [2.05, 4.69) is 40.0 Å². The van der Waals surface area contributed by atoms with Gasteiger partial charge in [0.15, 0.2) is 5.65 Å². The molecule has 0 aliphatic carbocycles. The van der Waals surface area contributed by atoms with Gasteiger partial charge in [0.25, 0.3) is 0 Å². The number of fused-ring (bicyclic) bond motifs is 3. The van der Waals surface area contributed by atoms with E-state index in [1.807, 2.05) is 49.4 Å². The molecule has 0 bridgehead atoms. The largest absolute Gasteiger partial charge is 0.325 e. The second kappa shape index (κ2) is 8.21. The molecule has 0 aliphatic rings. The molecule has 1 amide bonds. The second-order valence-corrected chi connectivity index (χ2v) is 8.14. The summed E-state index contributed by atoms with van der Waals surface area (Å²) in [5, 5.41) is 12.8. The van der Waals surface area contributed by atoms with E-state index in [4.69, 9.17) is 4.98 Å². The maximum atomic E-state index is 12.6. The molecule has 0 saturated heterocycles. The summed E-state index contributed by atoms with van der Waals surface area (Å²) in [4.78, 5) is 17.3. The highest BCUT2D eigenvalue weighted by Crippen LogP contribution is 2.28. The van der Waals surface area contributed by atoms with Crippen LogP contribution >= 0.6 is 11.8 Å². The van der Waals surface area contributed by atoms with Crippen LogP contribution in [0.1, 0.15) is 26.3 Å². The van der Waals surface area contributed by atoms with Crippen LogP contribution in [0.5, 0.6) is 0 Å². The van der Waals surface area contributed by atoms with Crippen molar-refractivity contribution in [1.82, 2.24) is 19.7 Å². The summed E-state index contributed by atoms with van der Waals surface area (Å²) in [6, 6.07) is 16.0. The predicted octanol–water partition coefficient (Wildman–Crippen LogP) is 4.68. The van der Waals surface area contributed by atoms with Gasteiger partial charge in [0.2, 0.25) is 11.1 Å². The van der Waals surface area contributed by atoms with Gasteiger partial charge < -0.3 is 9.88 Å². The number of hydrogen-bond acceptors (Lipinski definition) is 5. The van der Waals surface area contributed by atoms with E-state index in [0.717, 1.165) is 40.7 Å². The number of nitrogens with one attached hydrogen (secondary N) is 1. The van der Waals surface area contributed by atoms with Gasteiger partial charge in [-0.15, -0.1) is 10.2 Å². The SMILES string of the molecule is CCc1ccc(NC(=O)[C@@H](C)Sc2nnc3c4ccccc4n(CC)c3n2)cc1. The molecule has 29 heavy (non-hydrogen) atoms. The first-order chi connectivity index (χ1) is 14.1. The summed E-state index contributed by atoms with van der Waals surface area (Å²) < 4.78 is 2.13. The Hall–Kier alpha value is -2.93. The molecule has 148 valence electrons. The quantitative estimate of drug-likeness (QED) is 0.472. The van der Waals surface area contributed by atoms with Crippen LogP contribution in [0.25, 0.3) is 22.1 Å². The van der Waals surface area contributed by atoms with Gasteiger partial charge in [-0.2, -0.15) is 0 Å². The highest BCUT2D eigenvalue weighted by atomic mass is 32.2. The Balaban J connectivity index is 1.55. The van der Waals surface area contributed by atoms with Gasteiger partial charge in [0.1, 0.15) is 5.52 Å². The van der Waals surface area contributed by atoms with Crippen molar-refractivity contribution in [2.45, 2.75) is 44.1 Å². The molecule has 0 fully saturated rings. The van der Waals surface area contributed by atoms with E-state index in [9.17, 15) is 4.79 Å². The number of aryl methyl sites for hydroxylation is 2. The van der Waals surface area contributed by atoms with Crippen LogP contribution in [-0.2, 0) is 17.8 Å². The van der Waals surface area contributed by atoms with Crippen molar-refractivity contribution in [3.8, 4) is 0 Å². The summed E-state index contributed by atoms with van der Waals surface area (Å²) in [6.45, 7) is 6.83. The Bertz CT molecular complexity index is 1170. The maximum absolute atomic E-state index is 12.6. The van der Waals surface area contributed by atoms with Crippen molar-refractivity contribution in [1.29, 1.82) is 0 Å². The first-order valence-electron chi connectivity index (χ1n) is 9.78. The second-order valence-electron chi connectivity index (χ2n) is 6.83. The Kier molecular flexibility index (Phi) is 5.49. The number of rotatable bonds is 6. The average molecular weight is 406 g/mol. The topological polar surface area (TPSA) is 72.7 Å². The fourth-order valence-electron chi connectivity index (χ4n) is 3.34. The van der Waals surface area contributed by atoms with E-state index in [1.165, 1.54) is 17.3 Å². The third-order valence-corrected chi connectivity index (χ3v) is 5.90. The zero-order chi connectivity index (χ0) is 20.4. The van der Waals surface area contributed by atoms with Crippen LogP contribution in [-0.4, -0.2) is 30.9 Å². The lowest BCUT2D eigenvalue weighted by Gasteiger charge is -2.11. The Labute approximate surface area is 173 Å². The minimum Gasteiger partial charge on any atom is -0.325 e. The lowest BCUT2D eigenvalue weighted by Crippen LogP contribution is -2.22. The number of aromatic nitrogens is 4. The Morgan fingerprint density at radius 2 is 1.86 bits per heavy atom. The third kappa shape index (κ3) is 3.82. The van der Waals surface area contributed by atoms with E-state index < -0.39 is 0 Å². The van der Waals surface area contributed by atoms with E-state index in [1.54, 1.807) is 0 Å². The molecule has 2 aromatic carbocycles. The molecule has 6 nitrogen and oxygen atoms in total. The van der Waals surface area contributed by atoms with E-state index in [-0.39, 0.29) is 11.2 Å². The number of thioether (sulfide) groups is 1. The first-order valence-corrected chi connectivity index (χ1v) is 10.7. The van der Waals surface area contributed by atoms with Crippen molar-refractivity contribution >= 4 is 45.4 Å². The van der Waals surface area contributed by atoms with Gasteiger partial charge in [-0.3, -0.25) is 4.79 Å². The van der Waals surface area contributed by atoms with Crippen molar-refractivity contribution in [2.24, 2.45) is 0 Å². The number of anilines is 1. The maximum Gasteiger partial charge on any atom is 0.237 e. The van der Waals surface area contributed by atoms with Gasteiger partial charge >= 0.3 is 0 Å². The Morgan fingerprint density at radius 1 is 1.10 bits per heavy atom. The lowest BCUT2D eigenvalue weighted by molar-refractivity contribution is -0.115. The Morgan fingerprint density at radius 3 is 2.59 bits per heavy atom. The van der Waals surface area contributed by atoms with Crippen LogP contribution in [0.4, 0.5) is 5.69 Å². The average Bonchev–Trinajstić information content (AvgIpc) is 3.07. The fraction of sp³-hybridized carbons (Fsp3) is 0.273. The van der Waals surface area contributed by atoms with Crippen LogP contribution in [0.2, 0.25) is 0 Å². The molecule has 4 aromatic rings. The zero-order valence-corrected chi connectivity index (χ0v) is 17.5. The predicted molar refractivity (Wildman–Crippen MR) is 118 cm³/mol. The van der Waals surface area contributed by atoms with Crippen molar-refractivity contribution in [2.75, 3.05) is 5.32 Å². The first kappa shape index (κ1) is 19.4.